The zero-order chi connectivity index (χ0) is 13.7. The van der Waals surface area contributed by atoms with Gasteiger partial charge in [0.2, 0.25) is 5.91 Å². The molecule has 1 atom stereocenters. The second-order valence-corrected chi connectivity index (χ2v) is 4.89. The monoisotopic (exact) mass is 263 g/mol. The Morgan fingerprint density at radius 1 is 1.47 bits per heavy atom. The Morgan fingerprint density at radius 2 is 2.32 bits per heavy atom. The van der Waals surface area contributed by atoms with Crippen molar-refractivity contribution in [2.75, 3.05) is 20.2 Å². The van der Waals surface area contributed by atoms with E-state index >= 15 is 0 Å². The van der Waals surface area contributed by atoms with E-state index in [1.807, 2.05) is 29.2 Å². The van der Waals surface area contributed by atoms with Gasteiger partial charge < -0.3 is 14.4 Å². The summed E-state index contributed by atoms with van der Waals surface area (Å²) in [5, 5.41) is 0. The molecule has 0 aliphatic carbocycles. The molecule has 2 rings (SSSR count). The van der Waals surface area contributed by atoms with Crippen molar-refractivity contribution in [1.29, 1.82) is 0 Å². The van der Waals surface area contributed by atoms with Gasteiger partial charge in [-0.25, -0.2) is 0 Å². The number of carbonyl (C=O) groups excluding carboxylic acids is 1. The van der Waals surface area contributed by atoms with Crippen LogP contribution in [-0.4, -0.2) is 37.1 Å². The van der Waals surface area contributed by atoms with E-state index in [1.54, 1.807) is 14.0 Å². The largest absolute Gasteiger partial charge is 0.497 e. The predicted molar refractivity (Wildman–Crippen MR) is 73.1 cm³/mol. The van der Waals surface area contributed by atoms with Crippen LogP contribution in [0.15, 0.2) is 24.3 Å². The van der Waals surface area contributed by atoms with Crippen LogP contribution in [0.5, 0.6) is 5.75 Å². The normalized spacial score (nSPS) is 19.3. The Labute approximate surface area is 114 Å². The molecule has 1 heterocycles. The van der Waals surface area contributed by atoms with Crippen LogP contribution < -0.4 is 4.74 Å². The van der Waals surface area contributed by atoms with Gasteiger partial charge in [0.25, 0.3) is 0 Å². The average Bonchev–Trinajstić information content (AvgIpc) is 2.45. The molecular formula is C15H21NO3. The number of hydrogen-bond donors (Lipinski definition) is 0. The number of nitrogens with zero attached hydrogens (tertiary/aromatic N) is 1. The van der Waals surface area contributed by atoms with E-state index in [0.717, 1.165) is 30.7 Å². The minimum absolute atomic E-state index is 0.134. The summed E-state index contributed by atoms with van der Waals surface area (Å²) in [5.41, 5.74) is 1.10. The highest BCUT2D eigenvalue weighted by molar-refractivity contribution is 5.73. The molecule has 1 aromatic rings. The van der Waals surface area contributed by atoms with E-state index in [4.69, 9.17) is 9.47 Å². The molecule has 0 N–H and O–H groups in total. The highest BCUT2D eigenvalue weighted by atomic mass is 16.5. The number of carbonyl (C=O) groups is 1. The summed E-state index contributed by atoms with van der Waals surface area (Å²) in [6.45, 7) is 3.74. The van der Waals surface area contributed by atoms with Gasteiger partial charge in [-0.3, -0.25) is 4.79 Å². The molecule has 104 valence electrons. The van der Waals surface area contributed by atoms with E-state index in [-0.39, 0.29) is 12.0 Å². The van der Waals surface area contributed by atoms with Gasteiger partial charge in [0.05, 0.1) is 19.8 Å². The third-order valence-electron chi connectivity index (χ3n) is 3.44. The Kier molecular flexibility index (Phi) is 4.80. The average molecular weight is 263 g/mol. The molecule has 0 saturated carbocycles. The standard InChI is InChI=1S/C15H21NO3/c1-12(17)16-8-4-7-15(10-16)19-11-13-5-3-6-14(9-13)18-2/h3,5-6,9,15H,4,7-8,10-11H2,1-2H3. The van der Waals surface area contributed by atoms with Gasteiger partial charge in [-0.15, -0.1) is 0 Å². The molecule has 0 spiro atoms. The van der Waals surface area contributed by atoms with Gasteiger partial charge in [0, 0.05) is 20.0 Å². The Bertz CT molecular complexity index is 433. The second kappa shape index (κ2) is 6.57. The van der Waals surface area contributed by atoms with Crippen molar-refractivity contribution in [2.45, 2.75) is 32.5 Å². The molecule has 0 radical (unpaired) electrons. The predicted octanol–water partition coefficient (Wildman–Crippen LogP) is 2.22. The Morgan fingerprint density at radius 3 is 3.05 bits per heavy atom. The van der Waals surface area contributed by atoms with Gasteiger partial charge in [-0.1, -0.05) is 12.1 Å². The van der Waals surface area contributed by atoms with Gasteiger partial charge in [0.15, 0.2) is 0 Å². The lowest BCUT2D eigenvalue weighted by Gasteiger charge is -2.32. The van der Waals surface area contributed by atoms with Gasteiger partial charge in [0.1, 0.15) is 5.75 Å². The summed E-state index contributed by atoms with van der Waals surface area (Å²) in [7, 11) is 1.66. The van der Waals surface area contributed by atoms with Crippen molar-refractivity contribution in [3.05, 3.63) is 29.8 Å². The number of amides is 1. The molecule has 4 heteroatoms. The SMILES string of the molecule is COc1cccc(COC2CCCN(C(C)=O)C2)c1. The van der Waals surface area contributed by atoms with E-state index in [0.29, 0.717) is 13.2 Å². The second-order valence-electron chi connectivity index (χ2n) is 4.89. The van der Waals surface area contributed by atoms with Gasteiger partial charge in [-0.05, 0) is 30.5 Å². The zero-order valence-electron chi connectivity index (χ0n) is 11.6. The smallest absolute Gasteiger partial charge is 0.219 e. The molecule has 4 nitrogen and oxygen atoms in total. The lowest BCUT2D eigenvalue weighted by molar-refractivity contribution is -0.133. The maximum Gasteiger partial charge on any atom is 0.219 e. The molecule has 1 unspecified atom stereocenters. The van der Waals surface area contributed by atoms with Crippen molar-refractivity contribution >= 4 is 5.91 Å². The summed E-state index contributed by atoms with van der Waals surface area (Å²) in [5.74, 6) is 0.977. The molecule has 0 aromatic heterocycles. The van der Waals surface area contributed by atoms with Crippen molar-refractivity contribution < 1.29 is 14.3 Å². The molecule has 19 heavy (non-hydrogen) atoms. The number of likely N-dealkylation sites (tertiary alicyclic amines) is 1. The number of piperidine rings is 1. The third kappa shape index (κ3) is 3.96. The molecule has 0 bridgehead atoms. The van der Waals surface area contributed by atoms with Gasteiger partial charge in [-0.2, -0.15) is 0 Å². The summed E-state index contributed by atoms with van der Waals surface area (Å²) < 4.78 is 11.1. The summed E-state index contributed by atoms with van der Waals surface area (Å²) in [4.78, 5) is 13.2. The van der Waals surface area contributed by atoms with E-state index in [9.17, 15) is 4.79 Å². The molecule has 1 aliphatic rings. The van der Waals surface area contributed by atoms with E-state index in [2.05, 4.69) is 0 Å². The lowest BCUT2D eigenvalue weighted by Crippen LogP contribution is -2.42. The zero-order valence-corrected chi connectivity index (χ0v) is 11.6. The molecule has 1 saturated heterocycles. The first-order chi connectivity index (χ1) is 9.19. The highest BCUT2D eigenvalue weighted by Crippen LogP contribution is 2.17. The number of ether oxygens (including phenoxy) is 2. The minimum Gasteiger partial charge on any atom is -0.497 e. The number of methoxy groups -OCH3 is 1. The van der Waals surface area contributed by atoms with Crippen LogP contribution in [-0.2, 0) is 16.1 Å². The third-order valence-corrected chi connectivity index (χ3v) is 3.44. The van der Waals surface area contributed by atoms with E-state index in [1.165, 1.54) is 0 Å². The maximum absolute atomic E-state index is 11.4. The Balaban J connectivity index is 1.86. The highest BCUT2D eigenvalue weighted by Gasteiger charge is 2.21. The quantitative estimate of drug-likeness (QED) is 0.836. The number of benzene rings is 1. The van der Waals surface area contributed by atoms with Crippen molar-refractivity contribution in [3.8, 4) is 5.75 Å². The molecule has 1 aromatic carbocycles. The fourth-order valence-corrected chi connectivity index (χ4v) is 2.34. The minimum atomic E-state index is 0.134. The molecule has 1 aliphatic heterocycles. The Hall–Kier alpha value is -1.55. The fourth-order valence-electron chi connectivity index (χ4n) is 2.34. The molecular weight excluding hydrogens is 242 g/mol. The first-order valence-electron chi connectivity index (χ1n) is 6.69. The van der Waals surface area contributed by atoms with Crippen LogP contribution >= 0.6 is 0 Å². The van der Waals surface area contributed by atoms with Crippen LogP contribution in [0.25, 0.3) is 0 Å². The fraction of sp³-hybridized carbons (Fsp3) is 0.533. The first-order valence-corrected chi connectivity index (χ1v) is 6.69. The summed E-state index contributed by atoms with van der Waals surface area (Å²) >= 11 is 0. The molecule has 1 amide bonds. The summed E-state index contributed by atoms with van der Waals surface area (Å²) in [6.07, 6.45) is 2.18. The lowest BCUT2D eigenvalue weighted by atomic mass is 10.1. The van der Waals surface area contributed by atoms with Crippen molar-refractivity contribution in [3.63, 3.8) is 0 Å². The van der Waals surface area contributed by atoms with Crippen LogP contribution in [0.3, 0.4) is 0 Å². The van der Waals surface area contributed by atoms with Crippen LogP contribution in [0.1, 0.15) is 25.3 Å². The van der Waals surface area contributed by atoms with Crippen LogP contribution in [0.2, 0.25) is 0 Å². The number of hydrogen-bond acceptors (Lipinski definition) is 3. The van der Waals surface area contributed by atoms with Crippen LogP contribution in [0, 0.1) is 0 Å². The topological polar surface area (TPSA) is 38.8 Å². The molecule has 1 fully saturated rings. The van der Waals surface area contributed by atoms with Crippen molar-refractivity contribution in [1.82, 2.24) is 4.90 Å². The van der Waals surface area contributed by atoms with Crippen LogP contribution in [0.4, 0.5) is 0 Å². The first kappa shape index (κ1) is 13.9. The maximum atomic E-state index is 11.4. The summed E-state index contributed by atoms with van der Waals surface area (Å²) in [6, 6.07) is 7.88. The van der Waals surface area contributed by atoms with Gasteiger partial charge >= 0.3 is 0 Å². The van der Waals surface area contributed by atoms with E-state index < -0.39 is 0 Å². The van der Waals surface area contributed by atoms with Crippen molar-refractivity contribution in [2.24, 2.45) is 0 Å². The number of rotatable bonds is 4.